The maximum atomic E-state index is 13.0. The number of ether oxygens (including phenoxy) is 2. The number of allylic oxidation sites excluding steroid dienone is 2. The molecule has 1 unspecified atom stereocenters. The number of hydrogen-bond donors (Lipinski definition) is 3. The number of aromatic nitrogens is 3. The van der Waals surface area contributed by atoms with Gasteiger partial charge in [0.15, 0.2) is 16.0 Å². The van der Waals surface area contributed by atoms with Gasteiger partial charge in [0.2, 0.25) is 0 Å². The van der Waals surface area contributed by atoms with Gasteiger partial charge in [0.25, 0.3) is 0 Å². The molecule has 0 spiro atoms. The third kappa shape index (κ3) is 4.34. The summed E-state index contributed by atoms with van der Waals surface area (Å²) in [5.74, 6) is -0.347. The lowest BCUT2D eigenvalue weighted by Gasteiger charge is -2.31. The second kappa shape index (κ2) is 9.67. The number of fused-ring (bicyclic) bond motifs is 2. The van der Waals surface area contributed by atoms with Crippen molar-refractivity contribution in [1.29, 1.82) is 0 Å². The smallest absolute Gasteiger partial charge is 0.387 e. The fourth-order valence-corrected chi connectivity index (χ4v) is 5.69. The molecule has 1 aliphatic carbocycles. The number of hydrogen-bond acceptors (Lipinski definition) is 8. The molecular formula is C26H22F2N4O5S. The second-order valence-electron chi connectivity index (χ2n) is 8.80. The van der Waals surface area contributed by atoms with Crippen LogP contribution < -0.4 is 10.1 Å². The van der Waals surface area contributed by atoms with Gasteiger partial charge in [-0.15, -0.1) is 0 Å². The van der Waals surface area contributed by atoms with Gasteiger partial charge < -0.3 is 29.2 Å². The molecule has 1 aliphatic heterocycles. The Bertz CT molecular complexity index is 1590. The minimum atomic E-state index is -2.92. The summed E-state index contributed by atoms with van der Waals surface area (Å²) in [4.78, 5) is 36.1. The number of nitrogens with zero attached hydrogens (tertiary/aromatic N) is 1. The first-order valence-corrected chi connectivity index (χ1v) is 12.9. The van der Waals surface area contributed by atoms with Crippen molar-refractivity contribution in [2.24, 2.45) is 0 Å². The van der Waals surface area contributed by atoms with Gasteiger partial charge in [-0.25, -0.2) is 9.78 Å². The lowest BCUT2D eigenvalue weighted by molar-refractivity contribution is -0.116. The molecule has 38 heavy (non-hydrogen) atoms. The quantitative estimate of drug-likeness (QED) is 0.245. The topological polar surface area (TPSA) is 122 Å². The van der Waals surface area contributed by atoms with Crippen molar-refractivity contribution in [2.45, 2.75) is 49.0 Å². The number of esters is 1. The minimum absolute atomic E-state index is 0.0321. The summed E-state index contributed by atoms with van der Waals surface area (Å²) in [6.45, 7) is -0.936. The lowest BCUT2D eigenvalue weighted by atomic mass is 9.78. The number of Topliss-reactive ketones (excluding diaryl/α,β-unsaturated/α-hetero) is 1. The van der Waals surface area contributed by atoms with Gasteiger partial charge in [-0.1, -0.05) is 0 Å². The fraction of sp³-hybridized carbons (Fsp3) is 0.269. The van der Waals surface area contributed by atoms with Crippen LogP contribution in [0.25, 0.3) is 11.0 Å². The highest BCUT2D eigenvalue weighted by atomic mass is 32.2. The average Bonchev–Trinajstić information content (AvgIpc) is 3.61. The monoisotopic (exact) mass is 540 g/mol. The number of benzene rings is 1. The Balaban J connectivity index is 1.32. The van der Waals surface area contributed by atoms with Crippen LogP contribution in [0.2, 0.25) is 0 Å². The molecule has 0 bridgehead atoms. The molecule has 0 fully saturated rings. The predicted octanol–water partition coefficient (Wildman–Crippen LogP) is 5.98. The molecule has 4 aromatic rings. The number of rotatable bonds is 7. The van der Waals surface area contributed by atoms with Crippen LogP contribution in [0.1, 0.15) is 53.9 Å². The molecule has 0 saturated carbocycles. The minimum Gasteiger partial charge on any atom is -0.461 e. The van der Waals surface area contributed by atoms with Crippen molar-refractivity contribution in [1.82, 2.24) is 15.0 Å². The van der Waals surface area contributed by atoms with Gasteiger partial charge in [-0.2, -0.15) is 8.78 Å². The zero-order valence-corrected chi connectivity index (χ0v) is 20.9. The maximum absolute atomic E-state index is 13.0. The Labute approximate surface area is 219 Å². The first-order chi connectivity index (χ1) is 18.4. The van der Waals surface area contributed by atoms with Crippen LogP contribution in [0.5, 0.6) is 5.75 Å². The Morgan fingerprint density at radius 2 is 2.13 bits per heavy atom. The van der Waals surface area contributed by atoms with Gasteiger partial charge in [-0.05, 0) is 55.8 Å². The number of nitrogens with one attached hydrogen (secondary N) is 3. The van der Waals surface area contributed by atoms with E-state index in [1.165, 1.54) is 23.9 Å². The van der Waals surface area contributed by atoms with Crippen LogP contribution in [0.4, 0.5) is 14.5 Å². The van der Waals surface area contributed by atoms with Gasteiger partial charge in [0, 0.05) is 35.5 Å². The molecule has 2 aliphatic rings. The summed E-state index contributed by atoms with van der Waals surface area (Å²) in [5, 5.41) is 4.33. The summed E-state index contributed by atoms with van der Waals surface area (Å²) < 4.78 is 41.0. The summed E-state index contributed by atoms with van der Waals surface area (Å²) in [5.41, 5.74) is 4.17. The average molecular weight is 541 g/mol. The molecule has 0 saturated heterocycles. The Hall–Kier alpha value is -4.06. The van der Waals surface area contributed by atoms with E-state index in [1.54, 1.807) is 25.3 Å². The summed E-state index contributed by atoms with van der Waals surface area (Å²) in [6, 6.07) is 8.07. The fourth-order valence-electron chi connectivity index (χ4n) is 4.92. The van der Waals surface area contributed by atoms with Crippen molar-refractivity contribution < 1.29 is 32.3 Å². The van der Waals surface area contributed by atoms with Crippen LogP contribution in [0.3, 0.4) is 0 Å². The first kappa shape index (κ1) is 24.3. The summed E-state index contributed by atoms with van der Waals surface area (Å²) in [7, 11) is 0. The van der Waals surface area contributed by atoms with Crippen molar-refractivity contribution in [2.75, 3.05) is 11.9 Å². The number of alkyl halides is 2. The highest BCUT2D eigenvalue weighted by molar-refractivity contribution is 7.99. The van der Waals surface area contributed by atoms with Crippen molar-refractivity contribution >= 4 is 40.2 Å². The van der Waals surface area contributed by atoms with Gasteiger partial charge in [0.1, 0.15) is 17.2 Å². The molecule has 12 heteroatoms. The molecular weight excluding hydrogens is 518 g/mol. The zero-order chi connectivity index (χ0) is 26.4. The number of imidazole rings is 1. The SMILES string of the molecule is CCOC(=O)c1[nH]cc2c1NC1=C(C(=O)CCC1)C2c1ccc(Sc2nc3ccc(OC(F)F)cc3[nH]2)o1. The molecule has 0 amide bonds. The summed E-state index contributed by atoms with van der Waals surface area (Å²) in [6.07, 6.45) is 3.56. The Kier molecular flexibility index (Phi) is 6.18. The molecule has 0 radical (unpaired) electrons. The molecule has 4 heterocycles. The standard InChI is InChI=1S/C26H22F2N4O5S/c1-2-35-24(34)23-22-13(11-29-23)20(21-15(30-22)4-3-5-17(21)33)18-8-9-19(37-18)38-26-31-14-7-6-12(36-25(27)28)10-16(14)32-26/h6-11,20,25,29-30H,2-5H2,1H3,(H,31,32). The molecule has 6 rings (SSSR count). The predicted molar refractivity (Wildman–Crippen MR) is 134 cm³/mol. The molecule has 1 atom stereocenters. The van der Waals surface area contributed by atoms with Crippen LogP contribution in [0, 0.1) is 0 Å². The summed E-state index contributed by atoms with van der Waals surface area (Å²) >= 11 is 1.23. The Morgan fingerprint density at radius 1 is 1.26 bits per heavy atom. The normalized spacial score (nSPS) is 16.9. The number of aromatic amines is 2. The van der Waals surface area contributed by atoms with E-state index in [1.807, 2.05) is 6.07 Å². The van der Waals surface area contributed by atoms with E-state index in [4.69, 9.17) is 9.15 Å². The number of carbonyl (C=O) groups is 2. The van der Waals surface area contributed by atoms with Crippen molar-refractivity contribution in [3.05, 3.63) is 64.8 Å². The van der Waals surface area contributed by atoms with Gasteiger partial charge in [-0.3, -0.25) is 4.79 Å². The molecule has 9 nitrogen and oxygen atoms in total. The molecule has 3 aromatic heterocycles. The highest BCUT2D eigenvalue weighted by Gasteiger charge is 2.39. The largest absolute Gasteiger partial charge is 0.461 e. The van der Waals surface area contributed by atoms with Crippen LogP contribution in [-0.4, -0.2) is 39.9 Å². The highest BCUT2D eigenvalue weighted by Crippen LogP contribution is 2.47. The number of anilines is 1. The van der Waals surface area contributed by atoms with E-state index in [-0.39, 0.29) is 18.1 Å². The lowest BCUT2D eigenvalue weighted by Crippen LogP contribution is -2.26. The second-order valence-corrected chi connectivity index (χ2v) is 9.79. The van der Waals surface area contributed by atoms with Crippen molar-refractivity contribution in [3.8, 4) is 5.75 Å². The van der Waals surface area contributed by atoms with Crippen LogP contribution in [0.15, 0.2) is 62.5 Å². The van der Waals surface area contributed by atoms with E-state index in [9.17, 15) is 18.4 Å². The van der Waals surface area contributed by atoms with Crippen molar-refractivity contribution in [3.63, 3.8) is 0 Å². The number of furan rings is 1. The third-order valence-electron chi connectivity index (χ3n) is 6.46. The van der Waals surface area contributed by atoms with Gasteiger partial charge in [0.05, 0.1) is 29.2 Å². The maximum Gasteiger partial charge on any atom is 0.387 e. The number of ketones is 1. The van der Waals surface area contributed by atoms with E-state index < -0.39 is 18.5 Å². The zero-order valence-electron chi connectivity index (χ0n) is 20.1. The van der Waals surface area contributed by atoms with E-state index in [2.05, 4.69) is 25.0 Å². The first-order valence-electron chi connectivity index (χ1n) is 12.0. The number of carbonyl (C=O) groups excluding carboxylic acids is 2. The van der Waals surface area contributed by atoms with Crippen LogP contribution in [-0.2, 0) is 9.53 Å². The number of H-pyrrole nitrogens is 2. The molecule has 196 valence electrons. The van der Waals surface area contributed by atoms with Crippen LogP contribution >= 0.6 is 11.8 Å². The van der Waals surface area contributed by atoms with Gasteiger partial charge >= 0.3 is 12.6 Å². The van der Waals surface area contributed by atoms with E-state index >= 15 is 0 Å². The Morgan fingerprint density at radius 3 is 2.95 bits per heavy atom. The van der Waals surface area contributed by atoms with E-state index in [0.29, 0.717) is 56.8 Å². The number of halogens is 2. The molecule has 1 aromatic carbocycles. The third-order valence-corrected chi connectivity index (χ3v) is 7.27. The van der Waals surface area contributed by atoms with E-state index in [0.717, 1.165) is 17.7 Å². The molecule has 3 N–H and O–H groups in total.